The van der Waals surface area contributed by atoms with Gasteiger partial charge in [-0.2, -0.15) is 0 Å². The maximum Gasteiger partial charge on any atom is 0.305 e. The molecule has 0 saturated carbocycles. The van der Waals surface area contributed by atoms with E-state index < -0.39 is 0 Å². The van der Waals surface area contributed by atoms with E-state index in [1.807, 2.05) is 6.92 Å². The van der Waals surface area contributed by atoms with Gasteiger partial charge < -0.3 is 9.72 Å². The van der Waals surface area contributed by atoms with Gasteiger partial charge in [0.2, 0.25) is 0 Å². The molecule has 1 atom stereocenters. The molecule has 0 spiro atoms. The second-order valence-corrected chi connectivity index (χ2v) is 2.94. The fraction of sp³-hybridized carbons (Fsp3) is 0.556. The molecule has 1 N–H and O–H groups in total. The molecule has 72 valence electrons. The van der Waals surface area contributed by atoms with Gasteiger partial charge in [0.1, 0.15) is 0 Å². The van der Waals surface area contributed by atoms with Crippen LogP contribution in [0.25, 0.3) is 0 Å². The number of imidazole rings is 1. The third-order valence-electron chi connectivity index (χ3n) is 1.83. The first kappa shape index (κ1) is 9.77. The molecule has 1 unspecified atom stereocenters. The Morgan fingerprint density at radius 1 is 1.77 bits per heavy atom. The molecular weight excluding hydrogens is 168 g/mol. The molecule has 0 fully saturated rings. The molecular formula is C9H14N2O2. The van der Waals surface area contributed by atoms with Gasteiger partial charge in [-0.1, -0.05) is 13.8 Å². The van der Waals surface area contributed by atoms with E-state index in [0.717, 1.165) is 5.69 Å². The van der Waals surface area contributed by atoms with Gasteiger partial charge in [0.15, 0.2) is 0 Å². The Balaban J connectivity index is 2.34. The Labute approximate surface area is 77.3 Å². The number of H-pyrrole nitrogens is 1. The Hall–Kier alpha value is -1.32. The van der Waals surface area contributed by atoms with Crippen LogP contribution in [-0.2, 0) is 9.53 Å². The molecule has 0 aliphatic heterocycles. The third-order valence-corrected chi connectivity index (χ3v) is 1.83. The van der Waals surface area contributed by atoms with Gasteiger partial charge in [-0.25, -0.2) is 4.98 Å². The quantitative estimate of drug-likeness (QED) is 0.717. The van der Waals surface area contributed by atoms with Crippen molar-refractivity contribution >= 4 is 5.97 Å². The molecule has 0 aliphatic rings. The zero-order chi connectivity index (χ0) is 9.68. The fourth-order valence-corrected chi connectivity index (χ4v) is 0.946. The van der Waals surface area contributed by atoms with E-state index in [1.165, 1.54) is 0 Å². The summed E-state index contributed by atoms with van der Waals surface area (Å²) in [5.41, 5.74) is 0.990. The minimum absolute atomic E-state index is 0.161. The number of rotatable bonds is 4. The van der Waals surface area contributed by atoms with Crippen molar-refractivity contribution in [3.63, 3.8) is 0 Å². The summed E-state index contributed by atoms with van der Waals surface area (Å²) >= 11 is 0. The monoisotopic (exact) mass is 182 g/mol. The molecule has 1 aromatic heterocycles. The third kappa shape index (κ3) is 2.89. The number of aromatic amines is 1. The molecule has 0 aromatic carbocycles. The average molecular weight is 182 g/mol. The van der Waals surface area contributed by atoms with Crippen molar-refractivity contribution in [3.8, 4) is 0 Å². The van der Waals surface area contributed by atoms with Crippen LogP contribution < -0.4 is 0 Å². The Morgan fingerprint density at radius 2 is 2.54 bits per heavy atom. The second-order valence-electron chi connectivity index (χ2n) is 2.94. The molecule has 13 heavy (non-hydrogen) atoms. The number of nitrogens with zero attached hydrogens (tertiary/aromatic N) is 1. The van der Waals surface area contributed by atoms with Crippen LogP contribution >= 0.6 is 0 Å². The van der Waals surface area contributed by atoms with Gasteiger partial charge in [0.25, 0.3) is 0 Å². The first-order valence-corrected chi connectivity index (χ1v) is 4.38. The van der Waals surface area contributed by atoms with Crippen LogP contribution in [0.2, 0.25) is 0 Å². The van der Waals surface area contributed by atoms with E-state index in [9.17, 15) is 4.79 Å². The van der Waals surface area contributed by atoms with E-state index in [4.69, 9.17) is 4.74 Å². The predicted molar refractivity (Wildman–Crippen MR) is 48.3 cm³/mol. The number of aromatic nitrogens is 2. The van der Waals surface area contributed by atoms with Crippen molar-refractivity contribution < 1.29 is 9.53 Å². The SMILES string of the molecule is CCC(=O)OCC(C)c1cnc[nH]1. The topological polar surface area (TPSA) is 55.0 Å². The van der Waals surface area contributed by atoms with Crippen LogP contribution in [0.1, 0.15) is 31.9 Å². The molecule has 4 heteroatoms. The van der Waals surface area contributed by atoms with E-state index >= 15 is 0 Å². The summed E-state index contributed by atoms with van der Waals surface area (Å²) in [5, 5.41) is 0. The van der Waals surface area contributed by atoms with Crippen LogP contribution in [0, 0.1) is 0 Å². The van der Waals surface area contributed by atoms with E-state index in [-0.39, 0.29) is 11.9 Å². The lowest BCUT2D eigenvalue weighted by Crippen LogP contribution is -2.09. The molecule has 0 aliphatic carbocycles. The van der Waals surface area contributed by atoms with Crippen molar-refractivity contribution in [2.45, 2.75) is 26.2 Å². The van der Waals surface area contributed by atoms with Crippen molar-refractivity contribution in [3.05, 3.63) is 18.2 Å². The maximum atomic E-state index is 10.8. The summed E-state index contributed by atoms with van der Waals surface area (Å²) in [6.45, 7) is 4.18. The van der Waals surface area contributed by atoms with E-state index in [1.54, 1.807) is 19.4 Å². The van der Waals surface area contributed by atoms with Crippen molar-refractivity contribution in [2.24, 2.45) is 0 Å². The van der Waals surface area contributed by atoms with Crippen LogP contribution in [0.15, 0.2) is 12.5 Å². The number of nitrogens with one attached hydrogen (secondary N) is 1. The summed E-state index contributed by atoms with van der Waals surface area (Å²) in [6, 6.07) is 0. The van der Waals surface area contributed by atoms with E-state index in [2.05, 4.69) is 9.97 Å². The highest BCUT2D eigenvalue weighted by Gasteiger charge is 2.08. The molecule has 4 nitrogen and oxygen atoms in total. The summed E-state index contributed by atoms with van der Waals surface area (Å²) in [7, 11) is 0. The highest BCUT2D eigenvalue weighted by Crippen LogP contribution is 2.11. The average Bonchev–Trinajstić information content (AvgIpc) is 2.66. The lowest BCUT2D eigenvalue weighted by atomic mass is 10.1. The molecule has 0 saturated heterocycles. The zero-order valence-corrected chi connectivity index (χ0v) is 7.91. The van der Waals surface area contributed by atoms with Gasteiger partial charge in [0.05, 0.1) is 12.9 Å². The number of esters is 1. The Morgan fingerprint density at radius 3 is 3.08 bits per heavy atom. The number of ether oxygens (including phenoxy) is 1. The highest BCUT2D eigenvalue weighted by atomic mass is 16.5. The summed E-state index contributed by atoms with van der Waals surface area (Å²) in [6.07, 6.45) is 3.79. The van der Waals surface area contributed by atoms with Crippen molar-refractivity contribution in [1.29, 1.82) is 0 Å². The van der Waals surface area contributed by atoms with Crippen LogP contribution in [0.4, 0.5) is 0 Å². The minimum atomic E-state index is -0.161. The van der Waals surface area contributed by atoms with Crippen molar-refractivity contribution in [1.82, 2.24) is 9.97 Å². The minimum Gasteiger partial charge on any atom is -0.465 e. The lowest BCUT2D eigenvalue weighted by Gasteiger charge is -2.09. The second kappa shape index (κ2) is 4.64. The number of hydrogen-bond acceptors (Lipinski definition) is 3. The fourth-order valence-electron chi connectivity index (χ4n) is 0.946. The number of carbonyl (C=O) groups is 1. The molecule has 1 aromatic rings. The Bertz CT molecular complexity index is 257. The molecule has 0 amide bonds. The van der Waals surface area contributed by atoms with Gasteiger partial charge in [-0.15, -0.1) is 0 Å². The van der Waals surface area contributed by atoms with Gasteiger partial charge in [-0.05, 0) is 0 Å². The zero-order valence-electron chi connectivity index (χ0n) is 7.91. The molecule has 0 radical (unpaired) electrons. The van der Waals surface area contributed by atoms with Crippen molar-refractivity contribution in [2.75, 3.05) is 6.61 Å². The van der Waals surface area contributed by atoms with Gasteiger partial charge >= 0.3 is 5.97 Å². The number of hydrogen-bond donors (Lipinski definition) is 1. The normalized spacial score (nSPS) is 12.5. The summed E-state index contributed by atoms with van der Waals surface area (Å²) < 4.78 is 4.99. The van der Waals surface area contributed by atoms with Crippen LogP contribution in [-0.4, -0.2) is 22.5 Å². The predicted octanol–water partition coefficient (Wildman–Crippen LogP) is 1.47. The number of carbonyl (C=O) groups excluding carboxylic acids is 1. The van der Waals surface area contributed by atoms with Gasteiger partial charge in [-0.3, -0.25) is 4.79 Å². The maximum absolute atomic E-state index is 10.8. The Kier molecular flexibility index (Phi) is 3.49. The van der Waals surface area contributed by atoms with Gasteiger partial charge in [0, 0.05) is 24.2 Å². The largest absolute Gasteiger partial charge is 0.465 e. The first-order chi connectivity index (χ1) is 6.24. The molecule has 0 bridgehead atoms. The van der Waals surface area contributed by atoms with Crippen LogP contribution in [0.5, 0.6) is 0 Å². The van der Waals surface area contributed by atoms with Crippen LogP contribution in [0.3, 0.4) is 0 Å². The standard InChI is InChI=1S/C9H14N2O2/c1-3-9(12)13-5-7(2)8-4-10-6-11-8/h4,6-7H,3,5H2,1-2H3,(H,10,11). The molecule has 1 rings (SSSR count). The highest BCUT2D eigenvalue weighted by molar-refractivity contribution is 5.68. The summed E-state index contributed by atoms with van der Waals surface area (Å²) in [5.74, 6) is 0.0179. The smallest absolute Gasteiger partial charge is 0.305 e. The first-order valence-electron chi connectivity index (χ1n) is 4.38. The summed E-state index contributed by atoms with van der Waals surface area (Å²) in [4.78, 5) is 17.7. The van der Waals surface area contributed by atoms with E-state index in [0.29, 0.717) is 13.0 Å². The molecule has 1 heterocycles. The lowest BCUT2D eigenvalue weighted by molar-refractivity contribution is -0.143.